The number of amides is 1. The summed E-state index contributed by atoms with van der Waals surface area (Å²) in [5.41, 5.74) is -1.42. The molecular formula is C25H28F4N2O4S. The summed E-state index contributed by atoms with van der Waals surface area (Å²) in [5, 5.41) is -0.799. The van der Waals surface area contributed by atoms with Crippen LogP contribution in [0.5, 0.6) is 0 Å². The molecule has 5 atom stereocenters. The Morgan fingerprint density at radius 1 is 1.22 bits per heavy atom. The summed E-state index contributed by atoms with van der Waals surface area (Å²) < 4.78 is 95.0. The summed E-state index contributed by atoms with van der Waals surface area (Å²) in [6, 6.07) is 3.13. The molecule has 0 bridgehead atoms. The SMILES string of the molecule is Cc1cccc(C2=CC=CC(F)(C[C@H]3[C@@H](NS(=O)(=O)C4CC4)C(F)(F)CN3C(=O)[C@H]3CCO3)C2F)c1. The van der Waals surface area contributed by atoms with E-state index in [0.717, 1.165) is 16.5 Å². The molecule has 3 fully saturated rings. The van der Waals surface area contributed by atoms with Crippen molar-refractivity contribution in [3.63, 3.8) is 0 Å². The number of likely N-dealkylation sites (tertiary alicyclic amines) is 1. The first kappa shape index (κ1) is 25.4. The van der Waals surface area contributed by atoms with Crippen molar-refractivity contribution in [3.8, 4) is 0 Å². The van der Waals surface area contributed by atoms with Crippen molar-refractivity contribution in [3.05, 3.63) is 53.6 Å². The molecule has 0 spiro atoms. The average molecular weight is 529 g/mol. The third-order valence-electron chi connectivity index (χ3n) is 7.35. The van der Waals surface area contributed by atoms with E-state index in [4.69, 9.17) is 4.74 Å². The normalized spacial score (nSPS) is 33.8. The van der Waals surface area contributed by atoms with Gasteiger partial charge in [0.15, 0.2) is 11.8 Å². The molecule has 2 unspecified atom stereocenters. The quantitative estimate of drug-likeness (QED) is 0.550. The van der Waals surface area contributed by atoms with Gasteiger partial charge in [0.05, 0.1) is 24.4 Å². The van der Waals surface area contributed by atoms with Crippen molar-refractivity contribution in [2.45, 2.75) is 73.8 Å². The number of nitrogens with one attached hydrogen (secondary N) is 1. The number of carbonyl (C=O) groups is 1. The molecule has 0 aromatic heterocycles. The third kappa shape index (κ3) is 4.61. The van der Waals surface area contributed by atoms with Crippen molar-refractivity contribution in [2.24, 2.45) is 0 Å². The van der Waals surface area contributed by atoms with E-state index in [2.05, 4.69) is 0 Å². The number of ether oxygens (including phenoxy) is 1. The highest BCUT2D eigenvalue weighted by Gasteiger charge is 2.61. The van der Waals surface area contributed by atoms with Crippen molar-refractivity contribution in [1.82, 2.24) is 9.62 Å². The molecule has 1 aromatic carbocycles. The largest absolute Gasteiger partial charge is 0.368 e. The molecular weight excluding hydrogens is 500 g/mol. The fourth-order valence-corrected chi connectivity index (χ4v) is 6.74. The maximum atomic E-state index is 16.3. The Kier molecular flexibility index (Phi) is 6.32. The van der Waals surface area contributed by atoms with Crippen LogP contribution in [0.1, 0.15) is 36.8 Å². The Hall–Kier alpha value is -2.24. The molecule has 1 amide bonds. The van der Waals surface area contributed by atoms with Gasteiger partial charge in [0.25, 0.3) is 11.8 Å². The zero-order valence-electron chi connectivity index (χ0n) is 19.7. The Labute approximate surface area is 207 Å². The van der Waals surface area contributed by atoms with Crippen molar-refractivity contribution in [1.29, 1.82) is 0 Å². The highest BCUT2D eigenvalue weighted by atomic mass is 32.2. The lowest BCUT2D eigenvalue weighted by molar-refractivity contribution is -0.158. The lowest BCUT2D eigenvalue weighted by Crippen LogP contribution is -2.56. The van der Waals surface area contributed by atoms with Crippen LogP contribution in [-0.2, 0) is 19.6 Å². The molecule has 11 heteroatoms. The first-order chi connectivity index (χ1) is 16.9. The van der Waals surface area contributed by atoms with Crippen LogP contribution >= 0.6 is 0 Å². The summed E-state index contributed by atoms with van der Waals surface area (Å²) in [4.78, 5) is 13.8. The lowest BCUT2D eigenvalue weighted by Gasteiger charge is -2.38. The molecule has 0 radical (unpaired) electrons. The van der Waals surface area contributed by atoms with Gasteiger partial charge in [-0.1, -0.05) is 42.0 Å². The molecule has 2 saturated heterocycles. The van der Waals surface area contributed by atoms with Gasteiger partial charge in [0.2, 0.25) is 10.0 Å². The molecule has 4 aliphatic rings. The van der Waals surface area contributed by atoms with Gasteiger partial charge < -0.3 is 9.64 Å². The summed E-state index contributed by atoms with van der Waals surface area (Å²) in [6.07, 6.45) is 0.693. The van der Waals surface area contributed by atoms with Crippen LogP contribution in [0.4, 0.5) is 17.6 Å². The molecule has 1 aromatic rings. The zero-order chi connectivity index (χ0) is 25.9. The number of carbonyl (C=O) groups excluding carboxylic acids is 1. The van der Waals surface area contributed by atoms with E-state index in [1.165, 1.54) is 12.2 Å². The fourth-order valence-electron chi connectivity index (χ4n) is 5.10. The van der Waals surface area contributed by atoms with Crippen molar-refractivity contribution < 1.29 is 35.5 Å². The van der Waals surface area contributed by atoms with Crippen molar-refractivity contribution >= 4 is 21.5 Å². The van der Waals surface area contributed by atoms with E-state index in [-0.39, 0.29) is 12.2 Å². The van der Waals surface area contributed by atoms with E-state index < -0.39 is 70.1 Å². The van der Waals surface area contributed by atoms with Gasteiger partial charge in [0.1, 0.15) is 12.1 Å². The minimum atomic E-state index is -4.11. The minimum Gasteiger partial charge on any atom is -0.368 e. The van der Waals surface area contributed by atoms with Gasteiger partial charge in [-0.25, -0.2) is 30.7 Å². The molecule has 2 aliphatic heterocycles. The second kappa shape index (κ2) is 8.95. The number of halogens is 4. The van der Waals surface area contributed by atoms with Gasteiger partial charge in [-0.3, -0.25) is 4.79 Å². The van der Waals surface area contributed by atoms with Crippen LogP contribution in [0, 0.1) is 6.92 Å². The Morgan fingerprint density at radius 3 is 2.56 bits per heavy atom. The van der Waals surface area contributed by atoms with Crippen LogP contribution in [0.2, 0.25) is 0 Å². The maximum Gasteiger partial charge on any atom is 0.283 e. The molecule has 196 valence electrons. The van der Waals surface area contributed by atoms with E-state index in [0.29, 0.717) is 24.8 Å². The number of benzene rings is 1. The van der Waals surface area contributed by atoms with E-state index >= 15 is 17.6 Å². The van der Waals surface area contributed by atoms with E-state index in [9.17, 15) is 13.2 Å². The van der Waals surface area contributed by atoms with Crippen LogP contribution in [0.15, 0.2) is 42.5 Å². The molecule has 2 aliphatic carbocycles. The van der Waals surface area contributed by atoms with Gasteiger partial charge in [0, 0.05) is 12.8 Å². The maximum absolute atomic E-state index is 16.3. The fraction of sp³-hybridized carbons (Fsp3) is 0.560. The lowest BCUT2D eigenvalue weighted by atomic mass is 9.80. The third-order valence-corrected chi connectivity index (χ3v) is 9.28. The molecule has 2 heterocycles. The van der Waals surface area contributed by atoms with Crippen LogP contribution in [0.3, 0.4) is 0 Å². The zero-order valence-corrected chi connectivity index (χ0v) is 20.5. The monoisotopic (exact) mass is 528 g/mol. The summed E-state index contributed by atoms with van der Waals surface area (Å²) in [5.74, 6) is -4.45. The first-order valence-corrected chi connectivity index (χ1v) is 13.6. The number of aryl methyl sites for hydroxylation is 1. The molecule has 1 N–H and O–H groups in total. The smallest absolute Gasteiger partial charge is 0.283 e. The number of hydrogen-bond donors (Lipinski definition) is 1. The molecule has 1 saturated carbocycles. The predicted octanol–water partition coefficient (Wildman–Crippen LogP) is 3.47. The molecule has 5 rings (SSSR count). The van der Waals surface area contributed by atoms with Gasteiger partial charge >= 0.3 is 0 Å². The number of nitrogens with zero attached hydrogens (tertiary/aromatic N) is 1. The Bertz CT molecular complexity index is 1210. The molecule has 6 nitrogen and oxygen atoms in total. The number of hydrogen-bond acceptors (Lipinski definition) is 4. The van der Waals surface area contributed by atoms with Gasteiger partial charge in [-0.05, 0) is 37.0 Å². The first-order valence-electron chi connectivity index (χ1n) is 12.0. The predicted molar refractivity (Wildman–Crippen MR) is 125 cm³/mol. The van der Waals surface area contributed by atoms with Crippen LogP contribution in [0.25, 0.3) is 5.57 Å². The van der Waals surface area contributed by atoms with E-state index in [1.807, 2.05) is 17.7 Å². The number of allylic oxidation sites excluding steroid dienone is 4. The summed E-state index contributed by atoms with van der Waals surface area (Å²) in [7, 11) is -4.11. The topological polar surface area (TPSA) is 75.7 Å². The van der Waals surface area contributed by atoms with Gasteiger partial charge in [-0.15, -0.1) is 0 Å². The minimum absolute atomic E-state index is 0.0452. The second-order valence-electron chi connectivity index (χ2n) is 10.1. The highest BCUT2D eigenvalue weighted by Crippen LogP contribution is 2.44. The van der Waals surface area contributed by atoms with Crippen molar-refractivity contribution in [2.75, 3.05) is 13.2 Å². The molecule has 36 heavy (non-hydrogen) atoms. The van der Waals surface area contributed by atoms with Crippen LogP contribution < -0.4 is 4.72 Å². The number of rotatable bonds is 7. The number of sulfonamides is 1. The van der Waals surface area contributed by atoms with Gasteiger partial charge in [-0.2, -0.15) is 0 Å². The standard InChI is InChI=1S/C25H28F4N2O4S/c1-15-4-2-5-16(12-15)18-6-3-10-24(27,21(18)26)13-19-22(30-36(33,34)17-7-8-17)25(28,29)14-31(19)23(32)20-9-11-35-20/h2-6,10,12,17,19-22,30H,7-9,11,13-14H2,1H3/t19-,20+,21?,22+,24?/m0/s1. The summed E-state index contributed by atoms with van der Waals surface area (Å²) >= 11 is 0. The Morgan fingerprint density at radius 2 is 1.94 bits per heavy atom. The average Bonchev–Trinajstić information content (AvgIpc) is 3.59. The van der Waals surface area contributed by atoms with Crippen LogP contribution in [-0.4, -0.2) is 73.6 Å². The second-order valence-corrected chi connectivity index (χ2v) is 12.1. The number of alkyl halides is 4. The van der Waals surface area contributed by atoms with E-state index in [1.54, 1.807) is 18.2 Å². The highest BCUT2D eigenvalue weighted by molar-refractivity contribution is 7.90. The Balaban J connectivity index is 1.47. The summed E-state index contributed by atoms with van der Waals surface area (Å²) in [6.45, 7) is 0.990.